The summed E-state index contributed by atoms with van der Waals surface area (Å²) in [5.41, 5.74) is 18.1. The lowest BCUT2D eigenvalue weighted by atomic mass is 9.96. The zero-order valence-corrected chi connectivity index (χ0v) is 63.6. The van der Waals surface area contributed by atoms with Crippen molar-refractivity contribution in [2.45, 2.75) is 209 Å². The number of cyclic esters (lactones) is 1. The lowest BCUT2D eigenvalue weighted by molar-refractivity contribution is -0.156. The highest BCUT2D eigenvalue weighted by Crippen LogP contribution is 2.22. The number of esters is 1. The molecule has 2 heterocycles. The summed E-state index contributed by atoms with van der Waals surface area (Å²) in [6.07, 6.45) is -2.25. The first-order valence-corrected chi connectivity index (χ1v) is 36.8. The number of benzene rings is 2. The maximum Gasteiger partial charge on any atom is 0.329 e. The van der Waals surface area contributed by atoms with Crippen molar-refractivity contribution in [1.29, 1.82) is 0 Å². The quantitative estimate of drug-likeness (QED) is 0.0115. The Morgan fingerprint density at radius 1 is 0.574 bits per heavy atom. The summed E-state index contributed by atoms with van der Waals surface area (Å²) >= 11 is 0. The number of Topliss-reactive ketones (excluding diaryl/α,β-unsaturated/α-hetero) is 1. The van der Waals surface area contributed by atoms with E-state index in [1.54, 1.807) is 30.5 Å². The highest BCUT2D eigenvalue weighted by molar-refractivity contribution is 6.05. The number of hydrogen-bond acceptors (Lipinski definition) is 24. The Morgan fingerprint density at radius 3 is 1.77 bits per heavy atom. The monoisotopic (exact) mass is 1620 g/mol. The standard InChI is InChI=1S/C72H101N17O26/c1-5-6-7-8-9-10-11-22-53(93)81-44(25-38-31-76-42-20-15-13-17-39(38)42)65(106)83-45(27-52(75)92)66(107)85-47(30-59(101)102)67(108)89-61-37(4)115-72(114)49(26-51(91)40-18-12-14-19-41(40)74)87-70(111)60(35(2)24-57(97)98)88-68(109)50(34-90)82-55(95)32-77-54(94)28-48(71(112)113)86-62(103)36(3)79-64(105)46(29-58(99)100)84-63(104)43(21-16-23-73)80-56(96)33-78-69(61)110/h12-15,17-20,31,35-37,43-50,60-61,76,90H,5-11,16,21-30,32-34,73-74H2,1-4H3,(H2,75,92)(H,77,94)(H,78,110)(H,79,105)(H,80,96)(H,81,93)(H,82,95)(H,83,106)(H,84,104)(H,85,107)(H,86,103)(H,87,111)(H,88,109)(H,89,108)(H,97,98)(H,99,100)(H,101,102)(H,112,113)/t35?,36?,37?,43?,44?,45-,46?,47?,48?,49?,50?,60?,61?/m1/s1. The van der Waals surface area contributed by atoms with E-state index in [1.165, 1.54) is 24.3 Å². The molecule has 1 aliphatic heterocycles. The van der Waals surface area contributed by atoms with E-state index in [0.717, 1.165) is 52.9 Å². The van der Waals surface area contributed by atoms with Gasteiger partial charge in [0.25, 0.3) is 0 Å². The molecule has 4 rings (SSSR count). The number of aliphatic hydroxyl groups excluding tert-OH is 1. The molecule has 3 aromatic rings. The van der Waals surface area contributed by atoms with Crippen LogP contribution in [0.1, 0.15) is 146 Å². The number of aromatic nitrogens is 1. The number of carboxylic acid groups (broad SMARTS) is 4. The number of nitrogen functional groups attached to an aromatic ring is 1. The summed E-state index contributed by atoms with van der Waals surface area (Å²) < 4.78 is 5.68. The van der Waals surface area contributed by atoms with Crippen molar-refractivity contribution >= 4 is 135 Å². The number of rotatable bonds is 34. The van der Waals surface area contributed by atoms with E-state index in [9.17, 15) is 121 Å². The van der Waals surface area contributed by atoms with E-state index in [2.05, 4.69) is 65.1 Å². The molecule has 115 heavy (non-hydrogen) atoms. The molecule has 0 aliphatic carbocycles. The minimum absolute atomic E-state index is 0.0193. The van der Waals surface area contributed by atoms with Crippen LogP contribution in [0.2, 0.25) is 0 Å². The minimum Gasteiger partial charge on any atom is -0.481 e. The Morgan fingerprint density at radius 2 is 1.16 bits per heavy atom. The Balaban J connectivity index is 1.87. The molecule has 2 aromatic carbocycles. The molecule has 630 valence electrons. The third-order valence-electron chi connectivity index (χ3n) is 17.9. The fraction of sp³-hybridized carbons (Fsp3) is 0.528. The molecule has 25 N–H and O–H groups in total. The smallest absolute Gasteiger partial charge is 0.329 e. The molecule has 13 atom stereocenters. The van der Waals surface area contributed by atoms with Crippen LogP contribution in [0, 0.1) is 5.92 Å². The molecule has 1 aromatic heterocycles. The van der Waals surface area contributed by atoms with Crippen LogP contribution in [-0.4, -0.2) is 248 Å². The second-order valence-electron chi connectivity index (χ2n) is 27.3. The number of carbonyl (C=O) groups is 20. The fourth-order valence-electron chi connectivity index (χ4n) is 11.7. The van der Waals surface area contributed by atoms with Gasteiger partial charge in [-0.2, -0.15) is 0 Å². The van der Waals surface area contributed by atoms with E-state index in [1.807, 2.05) is 16.0 Å². The highest BCUT2D eigenvalue weighted by Gasteiger charge is 2.41. The van der Waals surface area contributed by atoms with E-state index in [0.29, 0.717) is 29.3 Å². The molecule has 0 radical (unpaired) electrons. The van der Waals surface area contributed by atoms with Crippen molar-refractivity contribution in [1.82, 2.24) is 74.1 Å². The zero-order chi connectivity index (χ0) is 85.8. The van der Waals surface area contributed by atoms with Crippen LogP contribution in [0.4, 0.5) is 5.69 Å². The Labute approximate surface area is 657 Å². The van der Waals surface area contributed by atoms with Crippen molar-refractivity contribution in [3.05, 3.63) is 65.9 Å². The molecule has 0 spiro atoms. The number of nitrogens with one attached hydrogen (secondary N) is 14. The van der Waals surface area contributed by atoms with Crippen LogP contribution >= 0.6 is 0 Å². The number of hydrogen-bond donors (Lipinski definition) is 22. The summed E-state index contributed by atoms with van der Waals surface area (Å²) in [4.78, 5) is 276. The number of H-pyrrole nitrogens is 1. The average molecular weight is 1620 g/mol. The lowest BCUT2D eigenvalue weighted by Crippen LogP contribution is -2.62. The number of ether oxygens (including phenoxy) is 1. The number of para-hydroxylation sites is 2. The van der Waals surface area contributed by atoms with Gasteiger partial charge >= 0.3 is 29.8 Å². The number of carboxylic acids is 4. The molecule has 12 unspecified atom stereocenters. The van der Waals surface area contributed by atoms with Crippen LogP contribution in [-0.2, 0) is 102 Å². The van der Waals surface area contributed by atoms with Crippen molar-refractivity contribution in [2.75, 3.05) is 32.0 Å². The van der Waals surface area contributed by atoms with Crippen molar-refractivity contribution in [3.8, 4) is 0 Å². The second kappa shape index (κ2) is 47.6. The van der Waals surface area contributed by atoms with E-state index < -0.39 is 261 Å². The number of unbranched alkanes of at least 4 members (excludes halogenated alkanes) is 6. The molecular formula is C72H101N17O26. The minimum atomic E-state index is -2.45. The summed E-state index contributed by atoms with van der Waals surface area (Å²) in [5.74, 6) is -29.6. The topological polar surface area (TPSA) is 702 Å². The van der Waals surface area contributed by atoms with Gasteiger partial charge < -0.3 is 122 Å². The third-order valence-corrected chi connectivity index (χ3v) is 17.9. The van der Waals surface area contributed by atoms with Crippen molar-refractivity contribution in [3.63, 3.8) is 0 Å². The fourth-order valence-corrected chi connectivity index (χ4v) is 11.7. The molecule has 1 aliphatic rings. The van der Waals surface area contributed by atoms with Crippen LogP contribution < -0.4 is 86.3 Å². The summed E-state index contributed by atoms with van der Waals surface area (Å²) in [5, 5.41) is 78.8. The molecule has 1 fully saturated rings. The Hall–Kier alpha value is -12.7. The van der Waals surface area contributed by atoms with E-state index in [-0.39, 0.29) is 37.1 Å². The van der Waals surface area contributed by atoms with Crippen LogP contribution in [0.3, 0.4) is 0 Å². The molecule has 14 amide bonds. The zero-order valence-electron chi connectivity index (χ0n) is 63.6. The first kappa shape index (κ1) is 94.7. The Bertz CT molecular complexity index is 4040. The van der Waals surface area contributed by atoms with Gasteiger partial charge in [0.05, 0.1) is 51.8 Å². The van der Waals surface area contributed by atoms with Gasteiger partial charge in [0.15, 0.2) is 5.78 Å². The summed E-state index contributed by atoms with van der Waals surface area (Å²) in [7, 11) is 0. The predicted octanol–water partition coefficient (Wildman–Crippen LogP) is -5.62. The van der Waals surface area contributed by atoms with Crippen molar-refractivity contribution in [2.24, 2.45) is 17.4 Å². The van der Waals surface area contributed by atoms with Gasteiger partial charge in [-0.15, -0.1) is 0 Å². The highest BCUT2D eigenvalue weighted by atomic mass is 16.5. The van der Waals surface area contributed by atoms with Crippen LogP contribution in [0.5, 0.6) is 0 Å². The maximum absolute atomic E-state index is 14.8. The summed E-state index contributed by atoms with van der Waals surface area (Å²) in [6.45, 7) is 1.21. The normalized spacial score (nSPS) is 21.3. The number of carbonyl (C=O) groups excluding carboxylic acids is 16. The summed E-state index contributed by atoms with van der Waals surface area (Å²) in [6, 6.07) is -10.5. The van der Waals surface area contributed by atoms with Gasteiger partial charge in [0.1, 0.15) is 72.6 Å². The molecule has 1 saturated heterocycles. The molecule has 43 nitrogen and oxygen atoms in total. The number of anilines is 1. The van der Waals surface area contributed by atoms with Crippen LogP contribution in [0.25, 0.3) is 10.9 Å². The third kappa shape index (κ3) is 32.5. The van der Waals surface area contributed by atoms with Gasteiger partial charge in [-0.1, -0.05) is 82.7 Å². The first-order chi connectivity index (χ1) is 54.4. The van der Waals surface area contributed by atoms with Gasteiger partial charge in [-0.05, 0) is 69.3 Å². The largest absolute Gasteiger partial charge is 0.481 e. The molecule has 0 bridgehead atoms. The number of nitrogens with two attached hydrogens (primary N) is 3. The number of primary amides is 1. The number of aliphatic carboxylic acids is 4. The average Bonchev–Trinajstić information content (AvgIpc) is 1.49. The van der Waals surface area contributed by atoms with E-state index in [4.69, 9.17) is 21.9 Å². The van der Waals surface area contributed by atoms with Gasteiger partial charge in [-0.25, -0.2) is 9.59 Å². The SMILES string of the molecule is CCCCCCCCCC(=O)NC(Cc1c[nH]c2ccccc12)C(=O)N[C@H](CC(N)=O)C(=O)NC(CC(=O)O)C(=O)NC1C(=O)NCC(=O)NC(CCCN)C(=O)NC(CC(=O)O)C(=O)NC(C)C(=O)NC(C(=O)O)CC(=O)NCC(=O)NC(CO)C(=O)NC(C(C)CC(=O)O)C(=O)NC(CC(=O)c2ccccc2N)C(=O)OC1C. The van der Waals surface area contributed by atoms with E-state index >= 15 is 0 Å². The predicted molar refractivity (Wildman–Crippen MR) is 400 cm³/mol. The second-order valence-corrected chi connectivity index (χ2v) is 27.3. The van der Waals surface area contributed by atoms with Gasteiger partial charge in [0.2, 0.25) is 82.7 Å². The number of fused-ring (bicyclic) bond motifs is 1. The molecular weight excluding hydrogens is 1520 g/mol. The Kier molecular flexibility index (Phi) is 39.2. The number of aromatic amines is 1. The molecule has 0 saturated carbocycles. The molecule has 43 heteroatoms. The number of aliphatic hydroxyl groups is 1. The van der Waals surface area contributed by atoms with Gasteiger partial charge in [0, 0.05) is 47.6 Å². The number of amides is 14. The van der Waals surface area contributed by atoms with Crippen molar-refractivity contribution < 1.29 is 126 Å². The van der Waals surface area contributed by atoms with Gasteiger partial charge in [-0.3, -0.25) is 86.3 Å². The first-order valence-electron chi connectivity index (χ1n) is 36.8. The lowest BCUT2D eigenvalue weighted by Gasteiger charge is -2.30. The van der Waals surface area contributed by atoms with Crippen LogP contribution in [0.15, 0.2) is 54.7 Å². The number of ketones is 1. The maximum atomic E-state index is 14.8.